The average Bonchev–Trinajstić information content (AvgIpc) is 2.81. The van der Waals surface area contributed by atoms with Crippen LogP contribution in [0, 0.1) is 18.3 Å². The minimum absolute atomic E-state index is 0.0439. The Morgan fingerprint density at radius 2 is 2.11 bits per heavy atom. The number of halogens is 2. The maximum absolute atomic E-state index is 13.0. The fourth-order valence-electron chi connectivity index (χ4n) is 4.12. The second kappa shape index (κ2) is 12.6. The van der Waals surface area contributed by atoms with Gasteiger partial charge in [0.05, 0.1) is 16.9 Å². The Morgan fingerprint density at radius 3 is 2.74 bits per heavy atom. The number of carboxylic acid groups (broad SMARTS) is 1. The van der Waals surface area contributed by atoms with Crippen LogP contribution in [0.25, 0.3) is 0 Å². The summed E-state index contributed by atoms with van der Waals surface area (Å²) in [5, 5.41) is 35.6. The molecule has 1 aliphatic carbocycles. The van der Waals surface area contributed by atoms with Crippen molar-refractivity contribution in [3.63, 3.8) is 0 Å². The van der Waals surface area contributed by atoms with Gasteiger partial charge in [0.25, 0.3) is 0 Å². The first kappa shape index (κ1) is 28.2. The molecule has 8 nitrogen and oxygen atoms in total. The number of aromatic hydroxyl groups is 1. The number of hydrogen-bond acceptors (Lipinski definition) is 7. The quantitative estimate of drug-likeness (QED) is 0.158. The van der Waals surface area contributed by atoms with Gasteiger partial charge in [-0.2, -0.15) is 0 Å². The lowest BCUT2D eigenvalue weighted by Crippen LogP contribution is -2.34. The van der Waals surface area contributed by atoms with Gasteiger partial charge in [-0.15, -0.1) is 0 Å². The second-order valence-corrected chi connectivity index (χ2v) is 9.20. The molecular formula is C25H32ClFN2O6. The maximum atomic E-state index is 13.0. The van der Waals surface area contributed by atoms with E-state index in [-0.39, 0.29) is 45.4 Å². The fourth-order valence-corrected chi connectivity index (χ4v) is 4.39. The number of hydrogen-bond donors (Lipinski definition) is 3. The van der Waals surface area contributed by atoms with Crippen LogP contribution in [0.4, 0.5) is 4.39 Å². The number of allylic oxidation sites excluding steroid dienone is 4. The Bertz CT molecular complexity index is 1050. The van der Waals surface area contributed by atoms with Gasteiger partial charge in [-0.1, -0.05) is 59.6 Å². The van der Waals surface area contributed by atoms with Gasteiger partial charge >= 0.3 is 5.97 Å². The molecule has 1 fully saturated rings. The van der Waals surface area contributed by atoms with Gasteiger partial charge in [0, 0.05) is 17.0 Å². The molecule has 0 aliphatic heterocycles. The number of nitrogens with zero attached hydrogens (tertiary/aromatic N) is 2. The van der Waals surface area contributed by atoms with Crippen LogP contribution in [0.15, 0.2) is 34.1 Å². The van der Waals surface area contributed by atoms with Crippen molar-refractivity contribution < 1.29 is 34.2 Å². The third-order valence-electron chi connectivity index (χ3n) is 6.50. The molecule has 1 aromatic carbocycles. The zero-order chi connectivity index (χ0) is 26.2. The first-order valence-corrected chi connectivity index (χ1v) is 11.6. The monoisotopic (exact) mass is 510 g/mol. The number of aliphatic carboxylic acids is 1. The number of carbonyl (C=O) groups is 1. The third kappa shape index (κ3) is 6.97. The van der Waals surface area contributed by atoms with Crippen LogP contribution in [-0.2, 0) is 16.1 Å². The molecule has 192 valence electrons. The molecule has 0 saturated heterocycles. The summed E-state index contributed by atoms with van der Waals surface area (Å²) in [4.78, 5) is 15.6. The van der Waals surface area contributed by atoms with Crippen molar-refractivity contribution >= 4 is 29.5 Å². The van der Waals surface area contributed by atoms with Gasteiger partial charge in [-0.3, -0.25) is 0 Å². The Balaban J connectivity index is 2.27. The molecule has 0 amide bonds. The summed E-state index contributed by atoms with van der Waals surface area (Å²) < 4.78 is 18.1. The number of alkyl halides is 1. The van der Waals surface area contributed by atoms with E-state index in [4.69, 9.17) is 31.5 Å². The highest BCUT2D eigenvalue weighted by Crippen LogP contribution is 2.42. The minimum atomic E-state index is -1.11. The zero-order valence-corrected chi connectivity index (χ0v) is 21.1. The van der Waals surface area contributed by atoms with Crippen molar-refractivity contribution in [1.82, 2.24) is 0 Å². The molecule has 3 N–H and O–H groups in total. The van der Waals surface area contributed by atoms with E-state index >= 15 is 0 Å². The lowest BCUT2D eigenvalue weighted by atomic mass is 9.67. The topological polar surface area (TPSA) is 121 Å². The molecule has 0 spiro atoms. The van der Waals surface area contributed by atoms with Gasteiger partial charge in [-0.25, -0.2) is 9.18 Å². The standard InChI is InChI=1S/C25H32ClFN2O6/c1-15(9-11-25(4)10-5-6-20(17(25)3)29-35-13-21(30)31)7-8-18-23(32)19(12-28-33)16(2)22(26)24(18)34-14-27/h7,9,11-12,17,32-33H,5-6,8,10,13-14H2,1-4H3,(H,30,31)/b11-9+,15-7+,28-12+,29-20+/t17-,25+/m0/s1. The molecule has 2 atom stereocenters. The summed E-state index contributed by atoms with van der Waals surface area (Å²) in [5.41, 5.74) is 2.42. The zero-order valence-electron chi connectivity index (χ0n) is 20.3. The summed E-state index contributed by atoms with van der Waals surface area (Å²) in [6.45, 7) is 6.08. The Morgan fingerprint density at radius 1 is 1.40 bits per heavy atom. The van der Waals surface area contributed by atoms with Crippen molar-refractivity contribution in [3.8, 4) is 11.5 Å². The number of benzene rings is 1. The van der Waals surface area contributed by atoms with E-state index < -0.39 is 19.4 Å². The maximum Gasteiger partial charge on any atom is 0.344 e. The summed E-state index contributed by atoms with van der Waals surface area (Å²) in [6, 6.07) is 0. The van der Waals surface area contributed by atoms with Crippen molar-refractivity contribution in [2.75, 3.05) is 13.5 Å². The number of phenolic OH excluding ortho intramolecular Hbond substituents is 1. The first-order chi connectivity index (χ1) is 16.6. The lowest BCUT2D eigenvalue weighted by Gasteiger charge is -2.38. The van der Waals surface area contributed by atoms with Crippen LogP contribution in [0.3, 0.4) is 0 Å². The number of phenols is 1. The van der Waals surface area contributed by atoms with Gasteiger partial charge in [0.15, 0.2) is 0 Å². The number of ether oxygens (including phenoxy) is 1. The molecule has 1 aliphatic rings. The SMILES string of the molecule is CC(/C=C/[C@@]1(C)CCC/C(=N\OCC(=O)O)[C@@H]1C)=C\Cc1c(O)c(/C=N/O)c(C)c(Cl)c1OCF. The highest BCUT2D eigenvalue weighted by molar-refractivity contribution is 6.33. The molecule has 0 aromatic heterocycles. The Hall–Kier alpha value is -3.07. The minimum Gasteiger partial charge on any atom is -0.507 e. The highest BCUT2D eigenvalue weighted by atomic mass is 35.5. The van der Waals surface area contributed by atoms with E-state index in [1.165, 1.54) is 0 Å². The molecule has 1 saturated carbocycles. The molecule has 35 heavy (non-hydrogen) atoms. The van der Waals surface area contributed by atoms with Crippen LogP contribution in [0.1, 0.15) is 56.7 Å². The molecule has 0 radical (unpaired) electrons. The molecule has 10 heteroatoms. The summed E-state index contributed by atoms with van der Waals surface area (Å²) >= 11 is 6.33. The first-order valence-electron chi connectivity index (χ1n) is 11.2. The fraction of sp³-hybridized carbons (Fsp3) is 0.480. The van der Waals surface area contributed by atoms with Crippen LogP contribution in [0.5, 0.6) is 11.5 Å². The van der Waals surface area contributed by atoms with E-state index in [1.54, 1.807) is 6.92 Å². The predicted molar refractivity (Wildman–Crippen MR) is 133 cm³/mol. The average molecular weight is 511 g/mol. The normalized spacial score (nSPS) is 22.3. The number of carboxylic acids is 1. The van der Waals surface area contributed by atoms with Crippen molar-refractivity contribution in [2.45, 2.75) is 53.4 Å². The number of rotatable bonds is 10. The molecule has 0 heterocycles. The molecule has 0 bridgehead atoms. The summed E-state index contributed by atoms with van der Waals surface area (Å²) in [6.07, 6.45) is 9.77. The van der Waals surface area contributed by atoms with Crippen molar-refractivity contribution in [3.05, 3.63) is 45.5 Å². The number of oxime groups is 2. The van der Waals surface area contributed by atoms with E-state index in [9.17, 15) is 14.3 Å². The van der Waals surface area contributed by atoms with Crippen molar-refractivity contribution in [2.24, 2.45) is 21.6 Å². The largest absolute Gasteiger partial charge is 0.507 e. The van der Waals surface area contributed by atoms with E-state index in [2.05, 4.69) is 23.3 Å². The highest BCUT2D eigenvalue weighted by Gasteiger charge is 2.35. The van der Waals surface area contributed by atoms with Gasteiger partial charge in [0.1, 0.15) is 11.5 Å². The van der Waals surface area contributed by atoms with Crippen LogP contribution >= 0.6 is 11.6 Å². The van der Waals surface area contributed by atoms with E-state index in [0.29, 0.717) is 5.56 Å². The summed E-state index contributed by atoms with van der Waals surface area (Å²) in [7, 11) is 0. The van der Waals surface area contributed by atoms with Crippen LogP contribution in [-0.4, -0.2) is 46.8 Å². The molecule has 0 unspecified atom stereocenters. The van der Waals surface area contributed by atoms with Crippen LogP contribution < -0.4 is 4.74 Å². The predicted octanol–water partition coefficient (Wildman–Crippen LogP) is 5.80. The van der Waals surface area contributed by atoms with E-state index in [0.717, 1.165) is 36.8 Å². The Labute approximate surface area is 209 Å². The van der Waals surface area contributed by atoms with Crippen molar-refractivity contribution in [1.29, 1.82) is 0 Å². The smallest absolute Gasteiger partial charge is 0.344 e. The van der Waals surface area contributed by atoms with Gasteiger partial charge in [0.2, 0.25) is 13.5 Å². The van der Waals surface area contributed by atoms with Gasteiger partial charge in [-0.05, 0) is 50.5 Å². The molecule has 1 aromatic rings. The van der Waals surface area contributed by atoms with Crippen LogP contribution in [0.2, 0.25) is 5.02 Å². The summed E-state index contributed by atoms with van der Waals surface area (Å²) in [5.74, 6) is -1.17. The molecular weight excluding hydrogens is 479 g/mol. The Kier molecular flexibility index (Phi) is 10.1. The second-order valence-electron chi connectivity index (χ2n) is 8.82. The lowest BCUT2D eigenvalue weighted by molar-refractivity contribution is -0.142. The third-order valence-corrected chi connectivity index (χ3v) is 6.95. The van der Waals surface area contributed by atoms with Gasteiger partial charge < -0.3 is 25.0 Å². The van der Waals surface area contributed by atoms with E-state index in [1.807, 2.05) is 26.0 Å². The molecule has 2 rings (SSSR count).